The highest BCUT2D eigenvalue weighted by molar-refractivity contribution is 5.76. The fourth-order valence-corrected chi connectivity index (χ4v) is 4.54. The molecule has 1 amide bonds. The number of nitrogens with zero attached hydrogens (tertiary/aromatic N) is 5. The lowest BCUT2D eigenvalue weighted by molar-refractivity contribution is -0.134. The third-order valence-corrected chi connectivity index (χ3v) is 5.95. The first-order valence-corrected chi connectivity index (χ1v) is 10.5. The number of carbonyl (C=O) groups is 1. The van der Waals surface area contributed by atoms with E-state index in [1.54, 1.807) is 0 Å². The Bertz CT molecular complexity index is 550. The van der Waals surface area contributed by atoms with Gasteiger partial charge in [-0.3, -0.25) is 4.79 Å². The van der Waals surface area contributed by atoms with Gasteiger partial charge in [-0.15, -0.1) is 5.10 Å². The molecule has 1 N–H and O–H groups in total. The van der Waals surface area contributed by atoms with Gasteiger partial charge in [-0.05, 0) is 42.5 Å². The van der Waals surface area contributed by atoms with Gasteiger partial charge in [0.1, 0.15) is 0 Å². The SMILES string of the molecule is O=C(CCCc1nnnn1C1CCCCC1)N(CCO)C1CCCCC1. The fourth-order valence-electron chi connectivity index (χ4n) is 4.54. The second kappa shape index (κ2) is 10.00. The summed E-state index contributed by atoms with van der Waals surface area (Å²) in [7, 11) is 0. The first kappa shape index (κ1) is 19.3. The highest BCUT2D eigenvalue weighted by Gasteiger charge is 2.25. The molecule has 2 aliphatic carbocycles. The van der Waals surface area contributed by atoms with Crippen molar-refractivity contribution in [3.63, 3.8) is 0 Å². The van der Waals surface area contributed by atoms with E-state index in [1.807, 2.05) is 9.58 Å². The van der Waals surface area contributed by atoms with Gasteiger partial charge in [0.25, 0.3) is 0 Å². The molecule has 0 aliphatic heterocycles. The van der Waals surface area contributed by atoms with Crippen LogP contribution >= 0.6 is 0 Å². The smallest absolute Gasteiger partial charge is 0.222 e. The summed E-state index contributed by atoms with van der Waals surface area (Å²) in [5.41, 5.74) is 0. The third kappa shape index (κ3) is 5.02. The number of aliphatic hydroxyl groups excluding tert-OH is 1. The molecule has 1 heterocycles. The van der Waals surface area contributed by atoms with E-state index in [4.69, 9.17) is 0 Å². The van der Waals surface area contributed by atoms with Gasteiger partial charge in [-0.1, -0.05) is 38.5 Å². The van der Waals surface area contributed by atoms with E-state index in [0.717, 1.165) is 44.3 Å². The Hall–Kier alpha value is -1.50. The molecule has 2 saturated carbocycles. The van der Waals surface area contributed by atoms with Crippen molar-refractivity contribution in [1.29, 1.82) is 0 Å². The van der Waals surface area contributed by atoms with Crippen LogP contribution in [0.5, 0.6) is 0 Å². The molecule has 2 aliphatic rings. The average molecular weight is 364 g/mol. The molecule has 0 unspecified atom stereocenters. The number of carbonyl (C=O) groups excluding carboxylic acids is 1. The molecule has 1 aromatic rings. The minimum Gasteiger partial charge on any atom is -0.395 e. The first-order valence-electron chi connectivity index (χ1n) is 10.5. The topological polar surface area (TPSA) is 84.1 Å². The number of hydrogen-bond donors (Lipinski definition) is 1. The van der Waals surface area contributed by atoms with Crippen LogP contribution < -0.4 is 0 Å². The van der Waals surface area contributed by atoms with Gasteiger partial charge in [0.15, 0.2) is 5.82 Å². The number of aromatic nitrogens is 4. The van der Waals surface area contributed by atoms with Crippen LogP contribution in [0.15, 0.2) is 0 Å². The molecule has 3 rings (SSSR count). The predicted octanol–water partition coefficient (Wildman–Crippen LogP) is 2.65. The Balaban J connectivity index is 1.50. The van der Waals surface area contributed by atoms with Gasteiger partial charge in [0.05, 0.1) is 12.6 Å². The monoisotopic (exact) mass is 363 g/mol. The lowest BCUT2D eigenvalue weighted by Crippen LogP contribution is -2.43. The van der Waals surface area contributed by atoms with Gasteiger partial charge in [-0.2, -0.15) is 0 Å². The molecule has 0 spiro atoms. The first-order chi connectivity index (χ1) is 12.8. The molecule has 7 nitrogen and oxygen atoms in total. The summed E-state index contributed by atoms with van der Waals surface area (Å²) in [6, 6.07) is 0.744. The van der Waals surface area contributed by atoms with Crippen LogP contribution in [0.25, 0.3) is 0 Å². The quantitative estimate of drug-likeness (QED) is 0.767. The van der Waals surface area contributed by atoms with E-state index in [2.05, 4.69) is 15.5 Å². The summed E-state index contributed by atoms with van der Waals surface area (Å²) in [5, 5.41) is 21.6. The summed E-state index contributed by atoms with van der Waals surface area (Å²) in [5.74, 6) is 1.08. The molecular weight excluding hydrogens is 330 g/mol. The van der Waals surface area contributed by atoms with Crippen molar-refractivity contribution in [3.05, 3.63) is 5.82 Å². The molecule has 0 radical (unpaired) electrons. The summed E-state index contributed by atoms with van der Waals surface area (Å²) in [4.78, 5) is 14.6. The third-order valence-electron chi connectivity index (χ3n) is 5.95. The zero-order valence-corrected chi connectivity index (χ0v) is 15.9. The normalized spacial score (nSPS) is 19.6. The molecular formula is C19H33N5O2. The molecule has 1 aromatic heterocycles. The zero-order valence-electron chi connectivity index (χ0n) is 15.9. The second-order valence-corrected chi connectivity index (χ2v) is 7.79. The number of tetrazole rings is 1. The molecule has 0 saturated heterocycles. The highest BCUT2D eigenvalue weighted by Crippen LogP contribution is 2.28. The molecule has 0 aromatic carbocycles. The molecule has 7 heteroatoms. The largest absolute Gasteiger partial charge is 0.395 e. The van der Waals surface area contributed by atoms with E-state index >= 15 is 0 Å². The van der Waals surface area contributed by atoms with Crippen molar-refractivity contribution in [2.75, 3.05) is 13.2 Å². The molecule has 2 fully saturated rings. The van der Waals surface area contributed by atoms with Crippen LogP contribution in [0, 0.1) is 0 Å². The lowest BCUT2D eigenvalue weighted by Gasteiger charge is -2.34. The van der Waals surface area contributed by atoms with E-state index in [-0.39, 0.29) is 12.5 Å². The molecule has 0 atom stereocenters. The number of amides is 1. The van der Waals surface area contributed by atoms with Crippen LogP contribution in [0.2, 0.25) is 0 Å². The van der Waals surface area contributed by atoms with Crippen molar-refractivity contribution in [3.8, 4) is 0 Å². The maximum Gasteiger partial charge on any atom is 0.222 e. The van der Waals surface area contributed by atoms with Crippen molar-refractivity contribution >= 4 is 5.91 Å². The molecule has 146 valence electrons. The minimum absolute atomic E-state index is 0.0438. The summed E-state index contributed by atoms with van der Waals surface area (Å²) in [6.07, 6.45) is 13.9. The second-order valence-electron chi connectivity index (χ2n) is 7.79. The van der Waals surface area contributed by atoms with Crippen molar-refractivity contribution in [2.24, 2.45) is 0 Å². The Morgan fingerprint density at radius 2 is 1.77 bits per heavy atom. The fraction of sp³-hybridized carbons (Fsp3) is 0.895. The van der Waals surface area contributed by atoms with Gasteiger partial charge >= 0.3 is 0 Å². The van der Waals surface area contributed by atoms with E-state index < -0.39 is 0 Å². The Morgan fingerprint density at radius 3 is 2.46 bits per heavy atom. The zero-order chi connectivity index (χ0) is 18.2. The van der Waals surface area contributed by atoms with Crippen LogP contribution in [-0.4, -0.2) is 55.3 Å². The Kier molecular flexibility index (Phi) is 7.41. The average Bonchev–Trinajstić information content (AvgIpc) is 3.16. The summed E-state index contributed by atoms with van der Waals surface area (Å²) < 4.78 is 2.00. The Morgan fingerprint density at radius 1 is 1.08 bits per heavy atom. The Labute approximate surface area is 156 Å². The number of rotatable bonds is 8. The maximum atomic E-state index is 12.7. The van der Waals surface area contributed by atoms with Crippen LogP contribution in [0.3, 0.4) is 0 Å². The van der Waals surface area contributed by atoms with Gasteiger partial charge < -0.3 is 10.0 Å². The van der Waals surface area contributed by atoms with Crippen LogP contribution in [0.4, 0.5) is 0 Å². The van der Waals surface area contributed by atoms with Gasteiger partial charge in [0, 0.05) is 25.4 Å². The van der Waals surface area contributed by atoms with Crippen LogP contribution in [0.1, 0.15) is 88.9 Å². The van der Waals surface area contributed by atoms with Gasteiger partial charge in [0.2, 0.25) is 5.91 Å². The van der Waals surface area contributed by atoms with Crippen LogP contribution in [-0.2, 0) is 11.2 Å². The highest BCUT2D eigenvalue weighted by atomic mass is 16.3. The van der Waals surface area contributed by atoms with E-state index in [0.29, 0.717) is 25.0 Å². The number of aliphatic hydroxyl groups is 1. The molecule has 0 bridgehead atoms. The maximum absolute atomic E-state index is 12.7. The minimum atomic E-state index is 0.0438. The van der Waals surface area contributed by atoms with Crippen molar-refractivity contribution < 1.29 is 9.90 Å². The number of aryl methyl sites for hydroxylation is 1. The standard InChI is InChI=1S/C19H33N5O2/c25-15-14-23(16-8-3-1-4-9-16)19(26)13-7-12-18-20-21-22-24(18)17-10-5-2-6-11-17/h16-17,25H,1-15H2. The summed E-state index contributed by atoms with van der Waals surface area (Å²) in [6.45, 7) is 0.505. The van der Waals surface area contributed by atoms with E-state index in [1.165, 1.54) is 38.5 Å². The van der Waals surface area contributed by atoms with Gasteiger partial charge in [-0.25, -0.2) is 4.68 Å². The van der Waals surface area contributed by atoms with E-state index in [9.17, 15) is 9.90 Å². The number of hydrogen-bond acceptors (Lipinski definition) is 5. The predicted molar refractivity (Wildman–Crippen MR) is 98.5 cm³/mol. The van der Waals surface area contributed by atoms with Crippen molar-refractivity contribution in [2.45, 2.75) is 95.6 Å². The summed E-state index contributed by atoms with van der Waals surface area (Å²) >= 11 is 0. The van der Waals surface area contributed by atoms with Crippen molar-refractivity contribution in [1.82, 2.24) is 25.1 Å². The molecule has 26 heavy (non-hydrogen) atoms. The lowest BCUT2D eigenvalue weighted by atomic mass is 9.94.